The molecular formula is C20H19Cl2F3N2O2. The van der Waals surface area contributed by atoms with Gasteiger partial charge < -0.3 is 9.84 Å². The van der Waals surface area contributed by atoms with Gasteiger partial charge in [0, 0.05) is 28.1 Å². The number of alkyl halides is 3. The van der Waals surface area contributed by atoms with Crippen LogP contribution in [0, 0.1) is 0 Å². The lowest BCUT2D eigenvalue weighted by atomic mass is 10.1. The third-order valence-electron chi connectivity index (χ3n) is 4.44. The van der Waals surface area contributed by atoms with Gasteiger partial charge in [0.15, 0.2) is 0 Å². The molecule has 0 unspecified atom stereocenters. The summed E-state index contributed by atoms with van der Waals surface area (Å²) in [5.74, 6) is -0.305. The molecule has 3 rings (SSSR count). The Morgan fingerprint density at radius 2 is 1.83 bits per heavy atom. The SMILES string of the molecule is OCCCCCc1nn(Cc2ccc(Cl)cc2Cl)c2cc(OC(F)(F)F)ccc12. The Labute approximate surface area is 175 Å². The summed E-state index contributed by atoms with van der Waals surface area (Å²) in [7, 11) is 0. The lowest BCUT2D eigenvalue weighted by molar-refractivity contribution is -0.274. The van der Waals surface area contributed by atoms with Crippen LogP contribution in [0.5, 0.6) is 5.75 Å². The molecule has 0 spiro atoms. The molecule has 156 valence electrons. The van der Waals surface area contributed by atoms with Crippen molar-refractivity contribution in [2.75, 3.05) is 6.61 Å². The van der Waals surface area contributed by atoms with Gasteiger partial charge in [-0.2, -0.15) is 5.10 Å². The number of benzene rings is 2. The highest BCUT2D eigenvalue weighted by Gasteiger charge is 2.31. The Kier molecular flexibility index (Phi) is 6.93. The Bertz CT molecular complexity index is 990. The first-order valence-electron chi connectivity index (χ1n) is 9.07. The van der Waals surface area contributed by atoms with Gasteiger partial charge in [0.2, 0.25) is 0 Å². The number of aromatic nitrogens is 2. The molecule has 0 atom stereocenters. The molecule has 0 amide bonds. The zero-order valence-corrected chi connectivity index (χ0v) is 16.9. The predicted octanol–water partition coefficient (Wildman–Crippen LogP) is 6.00. The zero-order valence-electron chi connectivity index (χ0n) is 15.3. The van der Waals surface area contributed by atoms with Crippen molar-refractivity contribution >= 4 is 34.1 Å². The Morgan fingerprint density at radius 1 is 1.03 bits per heavy atom. The third-order valence-corrected chi connectivity index (χ3v) is 5.03. The minimum atomic E-state index is -4.77. The molecule has 1 aromatic heterocycles. The van der Waals surface area contributed by atoms with Crippen LogP contribution < -0.4 is 4.74 Å². The first kappa shape index (κ1) is 21.7. The van der Waals surface area contributed by atoms with Crippen molar-refractivity contribution in [2.24, 2.45) is 0 Å². The monoisotopic (exact) mass is 446 g/mol. The fourth-order valence-corrected chi connectivity index (χ4v) is 3.59. The van der Waals surface area contributed by atoms with E-state index in [9.17, 15) is 13.2 Å². The fraction of sp³-hybridized carbons (Fsp3) is 0.350. The van der Waals surface area contributed by atoms with Crippen LogP contribution >= 0.6 is 23.2 Å². The van der Waals surface area contributed by atoms with E-state index in [0.717, 1.165) is 29.5 Å². The van der Waals surface area contributed by atoms with Gasteiger partial charge >= 0.3 is 6.36 Å². The Balaban J connectivity index is 1.97. The van der Waals surface area contributed by atoms with Gasteiger partial charge in [-0.1, -0.05) is 35.7 Å². The maximum Gasteiger partial charge on any atom is 0.573 e. The number of fused-ring (bicyclic) bond motifs is 1. The molecule has 0 fully saturated rings. The number of aliphatic hydroxyl groups excluding tert-OH is 1. The number of unbranched alkanes of at least 4 members (excludes halogenated alkanes) is 2. The molecule has 0 aliphatic rings. The highest BCUT2D eigenvalue weighted by Crippen LogP contribution is 2.30. The van der Waals surface area contributed by atoms with Crippen molar-refractivity contribution in [1.82, 2.24) is 9.78 Å². The summed E-state index contributed by atoms with van der Waals surface area (Å²) in [6.07, 6.45) is -1.77. The topological polar surface area (TPSA) is 47.3 Å². The second-order valence-corrected chi connectivity index (χ2v) is 7.44. The number of aliphatic hydroxyl groups is 1. The van der Waals surface area contributed by atoms with Crippen LogP contribution in [0.2, 0.25) is 10.0 Å². The molecule has 0 aliphatic carbocycles. The minimum Gasteiger partial charge on any atom is -0.406 e. The molecule has 0 bridgehead atoms. The van der Waals surface area contributed by atoms with Crippen LogP contribution in [0.4, 0.5) is 13.2 Å². The lowest BCUT2D eigenvalue weighted by Crippen LogP contribution is -2.17. The molecule has 0 aliphatic heterocycles. The largest absolute Gasteiger partial charge is 0.573 e. The van der Waals surface area contributed by atoms with Crippen molar-refractivity contribution in [2.45, 2.75) is 38.6 Å². The van der Waals surface area contributed by atoms with E-state index in [1.165, 1.54) is 12.1 Å². The van der Waals surface area contributed by atoms with Gasteiger partial charge in [-0.25, -0.2) is 0 Å². The molecule has 0 saturated heterocycles. The van der Waals surface area contributed by atoms with Gasteiger partial charge in [0.1, 0.15) is 5.75 Å². The van der Waals surface area contributed by atoms with Crippen molar-refractivity contribution < 1.29 is 23.0 Å². The first-order valence-corrected chi connectivity index (χ1v) is 9.82. The van der Waals surface area contributed by atoms with Gasteiger partial charge in [-0.15, -0.1) is 13.2 Å². The summed E-state index contributed by atoms with van der Waals surface area (Å²) in [5, 5.41) is 15.2. The second kappa shape index (κ2) is 9.24. The van der Waals surface area contributed by atoms with E-state index in [2.05, 4.69) is 9.84 Å². The Morgan fingerprint density at radius 3 is 2.52 bits per heavy atom. The maximum atomic E-state index is 12.6. The smallest absolute Gasteiger partial charge is 0.406 e. The van der Waals surface area contributed by atoms with E-state index in [1.807, 2.05) is 0 Å². The molecule has 2 aromatic carbocycles. The zero-order chi connectivity index (χ0) is 21.0. The van der Waals surface area contributed by atoms with Crippen LogP contribution in [-0.2, 0) is 13.0 Å². The van der Waals surface area contributed by atoms with Crippen LogP contribution in [0.1, 0.15) is 30.5 Å². The van der Waals surface area contributed by atoms with Gasteiger partial charge in [0.05, 0.1) is 17.8 Å². The summed E-state index contributed by atoms with van der Waals surface area (Å²) >= 11 is 12.2. The van der Waals surface area contributed by atoms with Crippen LogP contribution in [-0.4, -0.2) is 27.9 Å². The molecule has 0 saturated carbocycles. The third kappa shape index (κ3) is 5.78. The molecule has 1 N–H and O–H groups in total. The number of halogens is 5. The van der Waals surface area contributed by atoms with Crippen molar-refractivity contribution in [3.63, 3.8) is 0 Å². The van der Waals surface area contributed by atoms with Gasteiger partial charge in [-0.3, -0.25) is 4.68 Å². The maximum absolute atomic E-state index is 12.6. The van der Waals surface area contributed by atoms with Crippen molar-refractivity contribution in [1.29, 1.82) is 0 Å². The van der Waals surface area contributed by atoms with Gasteiger partial charge in [0.25, 0.3) is 0 Å². The number of nitrogens with zero attached hydrogens (tertiary/aromatic N) is 2. The highest BCUT2D eigenvalue weighted by atomic mass is 35.5. The van der Waals surface area contributed by atoms with E-state index >= 15 is 0 Å². The number of hydrogen-bond acceptors (Lipinski definition) is 3. The van der Waals surface area contributed by atoms with Crippen LogP contribution in [0.15, 0.2) is 36.4 Å². The normalized spacial score (nSPS) is 11.9. The molecule has 29 heavy (non-hydrogen) atoms. The van der Waals surface area contributed by atoms with E-state index in [-0.39, 0.29) is 18.9 Å². The van der Waals surface area contributed by atoms with E-state index in [4.69, 9.17) is 28.3 Å². The number of aryl methyl sites for hydroxylation is 1. The quantitative estimate of drug-likeness (QED) is 0.432. The second-order valence-electron chi connectivity index (χ2n) is 6.60. The standard InChI is InChI=1S/C20H19Cl2F3N2O2/c21-14-6-5-13(17(22)10-14)12-27-19-11-15(29-20(23,24)25)7-8-16(19)18(26-27)4-2-1-3-9-28/h5-8,10-11,28H,1-4,9,12H2. The van der Waals surface area contributed by atoms with E-state index < -0.39 is 6.36 Å². The van der Waals surface area contributed by atoms with Crippen LogP contribution in [0.3, 0.4) is 0 Å². The molecule has 0 radical (unpaired) electrons. The van der Waals surface area contributed by atoms with Crippen LogP contribution in [0.25, 0.3) is 10.9 Å². The highest BCUT2D eigenvalue weighted by molar-refractivity contribution is 6.35. The number of ether oxygens (including phenoxy) is 1. The summed E-state index contributed by atoms with van der Waals surface area (Å²) < 4.78 is 43.6. The van der Waals surface area contributed by atoms with E-state index in [0.29, 0.717) is 28.4 Å². The Hall–Kier alpha value is -1.96. The summed E-state index contributed by atoms with van der Waals surface area (Å²) in [4.78, 5) is 0. The van der Waals surface area contributed by atoms with E-state index in [1.54, 1.807) is 28.9 Å². The average molecular weight is 447 g/mol. The minimum absolute atomic E-state index is 0.127. The summed E-state index contributed by atoms with van der Waals surface area (Å²) in [5.41, 5.74) is 2.05. The summed E-state index contributed by atoms with van der Waals surface area (Å²) in [6.45, 7) is 0.404. The van der Waals surface area contributed by atoms with Crippen molar-refractivity contribution in [3.05, 3.63) is 57.7 Å². The van der Waals surface area contributed by atoms with Gasteiger partial charge in [-0.05, 0) is 49.1 Å². The summed E-state index contributed by atoms with van der Waals surface area (Å²) in [6, 6.07) is 9.27. The number of rotatable bonds is 8. The molecule has 9 heteroatoms. The predicted molar refractivity (Wildman–Crippen MR) is 107 cm³/mol. The molecule has 3 aromatic rings. The lowest BCUT2D eigenvalue weighted by Gasteiger charge is -2.10. The number of hydrogen-bond donors (Lipinski definition) is 1. The first-order chi connectivity index (χ1) is 13.8. The fourth-order valence-electron chi connectivity index (χ4n) is 3.12. The molecule has 1 heterocycles. The molecule has 4 nitrogen and oxygen atoms in total. The molecular weight excluding hydrogens is 428 g/mol. The van der Waals surface area contributed by atoms with Crippen molar-refractivity contribution in [3.8, 4) is 5.75 Å². The average Bonchev–Trinajstić information content (AvgIpc) is 2.97.